The lowest BCUT2D eigenvalue weighted by Crippen LogP contribution is -2.37. The number of hydrogen-bond acceptors (Lipinski definition) is 4. The van der Waals surface area contributed by atoms with Crippen molar-refractivity contribution < 1.29 is 9.90 Å². The van der Waals surface area contributed by atoms with Gasteiger partial charge in [0.05, 0.1) is 6.10 Å². The summed E-state index contributed by atoms with van der Waals surface area (Å²) in [5.74, 6) is 1.26. The molecule has 0 aromatic carbocycles. The number of aliphatic hydroxyl groups excluding tert-OH is 1. The van der Waals surface area contributed by atoms with Gasteiger partial charge in [-0.2, -0.15) is 0 Å². The minimum Gasteiger partial charge on any atom is -0.393 e. The number of hydrogen-bond donors (Lipinski definition) is 2. The maximum Gasteiger partial charge on any atom is 0.229 e. The van der Waals surface area contributed by atoms with Crippen LogP contribution >= 0.6 is 11.3 Å². The lowest BCUT2D eigenvalue weighted by Gasteiger charge is -2.40. The van der Waals surface area contributed by atoms with Crippen LogP contribution in [0, 0.1) is 24.7 Å². The van der Waals surface area contributed by atoms with Crippen molar-refractivity contribution in [3.63, 3.8) is 0 Å². The normalized spacial score (nSPS) is 34.0. The van der Waals surface area contributed by atoms with E-state index >= 15 is 0 Å². The molecule has 1 aromatic rings. The van der Waals surface area contributed by atoms with E-state index in [1.165, 1.54) is 17.8 Å². The average Bonchev–Trinajstić information content (AvgIpc) is 2.73. The van der Waals surface area contributed by atoms with Crippen molar-refractivity contribution in [1.82, 2.24) is 4.98 Å². The van der Waals surface area contributed by atoms with Crippen LogP contribution in [0.5, 0.6) is 0 Å². The van der Waals surface area contributed by atoms with Crippen molar-refractivity contribution in [3.8, 4) is 0 Å². The average molecular weight is 280 g/mol. The van der Waals surface area contributed by atoms with Crippen molar-refractivity contribution in [3.05, 3.63) is 11.1 Å². The predicted octanol–water partition coefficient (Wildman–Crippen LogP) is 2.58. The summed E-state index contributed by atoms with van der Waals surface area (Å²) in [5.41, 5.74) is 0. The van der Waals surface area contributed by atoms with E-state index in [2.05, 4.69) is 10.3 Å². The molecule has 0 spiro atoms. The van der Waals surface area contributed by atoms with Crippen LogP contribution in [-0.2, 0) is 4.79 Å². The number of nitrogens with zero attached hydrogens (tertiary/aromatic N) is 1. The Kier molecular flexibility index (Phi) is 3.58. The second kappa shape index (κ2) is 5.21. The molecule has 2 saturated carbocycles. The van der Waals surface area contributed by atoms with Crippen LogP contribution in [-0.4, -0.2) is 22.1 Å². The fraction of sp³-hybridized carbons (Fsp3) is 0.714. The number of aryl methyl sites for hydroxylation is 1. The highest BCUT2D eigenvalue weighted by molar-refractivity contribution is 7.15. The van der Waals surface area contributed by atoms with Crippen LogP contribution in [0.4, 0.5) is 5.13 Å². The summed E-state index contributed by atoms with van der Waals surface area (Å²) in [6.07, 6.45) is 6.42. The van der Waals surface area contributed by atoms with Gasteiger partial charge in [-0.15, -0.1) is 11.3 Å². The van der Waals surface area contributed by atoms with Gasteiger partial charge in [-0.3, -0.25) is 4.79 Å². The maximum atomic E-state index is 12.3. The highest BCUT2D eigenvalue weighted by Gasteiger charge is 2.38. The molecule has 19 heavy (non-hydrogen) atoms. The molecule has 1 aromatic heterocycles. The Morgan fingerprint density at radius 1 is 1.32 bits per heavy atom. The van der Waals surface area contributed by atoms with Gasteiger partial charge >= 0.3 is 0 Å². The van der Waals surface area contributed by atoms with E-state index in [1.807, 2.05) is 6.92 Å². The molecular formula is C14H20N2O2S. The summed E-state index contributed by atoms with van der Waals surface area (Å²) in [6.45, 7) is 1.99. The zero-order valence-electron chi connectivity index (χ0n) is 11.1. The van der Waals surface area contributed by atoms with Gasteiger partial charge in [-0.05, 0) is 50.9 Å². The number of anilines is 1. The van der Waals surface area contributed by atoms with E-state index in [0.29, 0.717) is 17.0 Å². The van der Waals surface area contributed by atoms with Crippen molar-refractivity contribution >= 4 is 22.4 Å². The molecule has 5 heteroatoms. The van der Waals surface area contributed by atoms with E-state index in [4.69, 9.17) is 0 Å². The molecule has 2 N–H and O–H groups in total. The fourth-order valence-corrected chi connectivity index (χ4v) is 4.32. The zero-order chi connectivity index (χ0) is 13.4. The summed E-state index contributed by atoms with van der Waals surface area (Å²) < 4.78 is 0. The van der Waals surface area contributed by atoms with Gasteiger partial charge in [0.25, 0.3) is 0 Å². The quantitative estimate of drug-likeness (QED) is 0.875. The minimum absolute atomic E-state index is 0.0976. The van der Waals surface area contributed by atoms with Gasteiger partial charge < -0.3 is 10.4 Å². The Labute approximate surface area is 117 Å². The predicted molar refractivity (Wildman–Crippen MR) is 75.0 cm³/mol. The van der Waals surface area contributed by atoms with Crippen molar-refractivity contribution in [1.29, 1.82) is 0 Å². The second-order valence-electron chi connectivity index (χ2n) is 6.03. The summed E-state index contributed by atoms with van der Waals surface area (Å²) in [5, 5.41) is 13.4. The van der Waals surface area contributed by atoms with Crippen LogP contribution in [0.3, 0.4) is 0 Å². The van der Waals surface area contributed by atoms with Crippen LogP contribution in [0.15, 0.2) is 6.20 Å². The number of aliphatic hydroxyl groups is 1. The molecule has 0 radical (unpaired) electrons. The molecule has 0 saturated heterocycles. The number of carbonyl (C=O) groups excluding carboxylic acids is 1. The molecule has 2 fully saturated rings. The molecule has 1 amide bonds. The molecule has 104 valence electrons. The molecule has 1 heterocycles. The highest BCUT2D eigenvalue weighted by atomic mass is 32.1. The highest BCUT2D eigenvalue weighted by Crippen LogP contribution is 2.43. The molecule has 4 nitrogen and oxygen atoms in total. The largest absolute Gasteiger partial charge is 0.393 e. The first kappa shape index (κ1) is 13.1. The third kappa shape index (κ3) is 2.98. The molecule has 2 aliphatic carbocycles. The fourth-order valence-electron chi connectivity index (χ4n) is 3.65. The first-order valence-electron chi connectivity index (χ1n) is 7.01. The lowest BCUT2D eigenvalue weighted by atomic mass is 9.67. The Hall–Kier alpha value is -0.940. The van der Waals surface area contributed by atoms with Crippen LogP contribution in [0.1, 0.15) is 37.0 Å². The van der Waals surface area contributed by atoms with E-state index in [0.717, 1.165) is 30.6 Å². The summed E-state index contributed by atoms with van der Waals surface area (Å²) in [6, 6.07) is 0. The zero-order valence-corrected chi connectivity index (χ0v) is 11.9. The summed E-state index contributed by atoms with van der Waals surface area (Å²) in [4.78, 5) is 17.6. The Morgan fingerprint density at radius 2 is 2.00 bits per heavy atom. The third-order valence-electron chi connectivity index (χ3n) is 4.34. The first-order chi connectivity index (χ1) is 9.10. The van der Waals surface area contributed by atoms with Crippen molar-refractivity contribution in [2.24, 2.45) is 17.8 Å². The first-order valence-corrected chi connectivity index (χ1v) is 7.83. The maximum absolute atomic E-state index is 12.3. The molecule has 2 bridgehead atoms. The standard InChI is InChI=1S/C14H20N2O2S/c1-8-7-15-14(19-8)16-13(18)11-3-9-2-10(4-11)6-12(17)5-9/h7,9-12,17H,2-6H2,1H3,(H,15,16,18)/t9-,10+,11+,12-. The number of nitrogens with one attached hydrogen (secondary N) is 1. The number of carbonyl (C=O) groups is 1. The number of aromatic nitrogens is 1. The summed E-state index contributed by atoms with van der Waals surface area (Å²) in [7, 11) is 0. The molecule has 0 unspecified atom stereocenters. The number of thiazole rings is 1. The number of fused-ring (bicyclic) bond motifs is 2. The van der Waals surface area contributed by atoms with Crippen molar-refractivity contribution in [2.45, 2.75) is 45.1 Å². The van der Waals surface area contributed by atoms with E-state index in [9.17, 15) is 9.90 Å². The molecule has 4 atom stereocenters. The van der Waals surface area contributed by atoms with Crippen LogP contribution in [0.2, 0.25) is 0 Å². The van der Waals surface area contributed by atoms with Gasteiger partial charge in [-0.25, -0.2) is 4.98 Å². The molecule has 3 rings (SSSR count). The second-order valence-corrected chi connectivity index (χ2v) is 7.26. The smallest absolute Gasteiger partial charge is 0.229 e. The van der Waals surface area contributed by atoms with Crippen LogP contribution < -0.4 is 5.32 Å². The van der Waals surface area contributed by atoms with E-state index in [1.54, 1.807) is 6.20 Å². The van der Waals surface area contributed by atoms with Crippen LogP contribution in [0.25, 0.3) is 0 Å². The van der Waals surface area contributed by atoms with Gasteiger partial charge in [0.15, 0.2) is 5.13 Å². The Bertz CT molecular complexity index is 456. The Morgan fingerprint density at radius 3 is 2.58 bits per heavy atom. The van der Waals surface area contributed by atoms with Crippen molar-refractivity contribution in [2.75, 3.05) is 5.32 Å². The number of rotatable bonds is 2. The van der Waals surface area contributed by atoms with E-state index < -0.39 is 0 Å². The topological polar surface area (TPSA) is 62.2 Å². The van der Waals surface area contributed by atoms with Gasteiger partial charge in [0, 0.05) is 17.0 Å². The minimum atomic E-state index is -0.144. The van der Waals surface area contributed by atoms with Gasteiger partial charge in [-0.1, -0.05) is 0 Å². The Balaban J connectivity index is 1.62. The molecule has 2 aliphatic rings. The number of amides is 1. The van der Waals surface area contributed by atoms with Gasteiger partial charge in [0.1, 0.15) is 0 Å². The molecular weight excluding hydrogens is 260 g/mol. The van der Waals surface area contributed by atoms with E-state index in [-0.39, 0.29) is 17.9 Å². The third-order valence-corrected chi connectivity index (χ3v) is 5.16. The van der Waals surface area contributed by atoms with Gasteiger partial charge in [0.2, 0.25) is 5.91 Å². The lowest BCUT2D eigenvalue weighted by molar-refractivity contribution is -0.123. The summed E-state index contributed by atoms with van der Waals surface area (Å²) >= 11 is 1.52. The SMILES string of the molecule is Cc1cnc(NC(=O)[C@H]2C[C@@H]3C[C@@H](O)C[C@@H](C3)C2)s1. The molecule has 0 aliphatic heterocycles. The monoisotopic (exact) mass is 280 g/mol.